The highest BCUT2D eigenvalue weighted by atomic mass is 14.9. The van der Waals surface area contributed by atoms with E-state index in [-0.39, 0.29) is 0 Å². The minimum atomic E-state index is 0.765. The van der Waals surface area contributed by atoms with E-state index in [1.807, 2.05) is 0 Å². The molecule has 0 aromatic rings. The van der Waals surface area contributed by atoms with Gasteiger partial charge in [0, 0.05) is 13.1 Å². The maximum absolute atomic E-state index is 3.66. The van der Waals surface area contributed by atoms with E-state index in [4.69, 9.17) is 0 Å². The van der Waals surface area contributed by atoms with Crippen LogP contribution in [0.3, 0.4) is 0 Å². The van der Waals surface area contributed by atoms with E-state index >= 15 is 0 Å². The molecule has 2 heteroatoms. The Balaban J connectivity index is 1.52. The number of hydrogen-bond acceptors (Lipinski definition) is 2. The molecule has 0 aromatic carbocycles. The second kappa shape index (κ2) is 8.26. The third kappa shape index (κ3) is 5.43. The van der Waals surface area contributed by atoms with Gasteiger partial charge in [-0.1, -0.05) is 39.5 Å². The van der Waals surface area contributed by atoms with Crippen LogP contribution in [0.5, 0.6) is 0 Å². The first-order chi connectivity index (χ1) is 9.25. The molecule has 0 heterocycles. The van der Waals surface area contributed by atoms with Crippen molar-refractivity contribution in [2.45, 2.75) is 58.8 Å². The van der Waals surface area contributed by atoms with Crippen molar-refractivity contribution < 1.29 is 0 Å². The van der Waals surface area contributed by atoms with Gasteiger partial charge in [0.15, 0.2) is 0 Å². The zero-order chi connectivity index (χ0) is 13.5. The standard InChI is InChI=1S/C17H34N2/c1-14(2)12-18-9-10-19-13-15-7-8-16-5-3-4-6-17(16)11-15/h14-19H,3-13H2,1-2H3. The van der Waals surface area contributed by atoms with Crippen LogP contribution in [0.2, 0.25) is 0 Å². The Morgan fingerprint density at radius 3 is 2.42 bits per heavy atom. The Bertz CT molecular complexity index is 239. The summed E-state index contributed by atoms with van der Waals surface area (Å²) in [6.45, 7) is 9.20. The Hall–Kier alpha value is -0.0800. The fourth-order valence-electron chi connectivity index (χ4n) is 4.03. The molecule has 0 amide bonds. The van der Waals surface area contributed by atoms with Crippen molar-refractivity contribution >= 4 is 0 Å². The molecule has 0 aliphatic heterocycles. The van der Waals surface area contributed by atoms with Gasteiger partial charge in [-0.2, -0.15) is 0 Å². The van der Waals surface area contributed by atoms with Gasteiger partial charge >= 0.3 is 0 Å². The van der Waals surface area contributed by atoms with E-state index in [1.54, 1.807) is 0 Å². The Kier molecular flexibility index (Phi) is 6.66. The molecule has 0 aromatic heterocycles. The minimum absolute atomic E-state index is 0.765. The van der Waals surface area contributed by atoms with Gasteiger partial charge in [-0.15, -0.1) is 0 Å². The molecule has 19 heavy (non-hydrogen) atoms. The van der Waals surface area contributed by atoms with Crippen LogP contribution in [0.1, 0.15) is 58.8 Å². The first-order valence-electron chi connectivity index (χ1n) is 8.67. The molecule has 2 aliphatic carbocycles. The lowest BCUT2D eigenvalue weighted by molar-refractivity contribution is 0.129. The number of nitrogens with one attached hydrogen (secondary N) is 2. The fourth-order valence-corrected chi connectivity index (χ4v) is 4.03. The molecule has 3 atom stereocenters. The quantitative estimate of drug-likeness (QED) is 0.690. The lowest BCUT2D eigenvalue weighted by atomic mass is 9.67. The van der Waals surface area contributed by atoms with Crippen LogP contribution in [0.25, 0.3) is 0 Å². The van der Waals surface area contributed by atoms with Crippen molar-refractivity contribution in [2.75, 3.05) is 26.2 Å². The van der Waals surface area contributed by atoms with Gasteiger partial charge in [0.05, 0.1) is 0 Å². The van der Waals surface area contributed by atoms with E-state index in [9.17, 15) is 0 Å². The van der Waals surface area contributed by atoms with Crippen LogP contribution in [0.15, 0.2) is 0 Å². The van der Waals surface area contributed by atoms with E-state index in [0.29, 0.717) is 0 Å². The van der Waals surface area contributed by atoms with Crippen LogP contribution >= 0.6 is 0 Å². The predicted molar refractivity (Wildman–Crippen MR) is 83.4 cm³/mol. The monoisotopic (exact) mass is 266 g/mol. The van der Waals surface area contributed by atoms with E-state index in [1.165, 1.54) is 51.5 Å². The molecule has 2 N–H and O–H groups in total. The van der Waals surface area contributed by atoms with E-state index in [2.05, 4.69) is 24.5 Å². The minimum Gasteiger partial charge on any atom is -0.315 e. The molecular formula is C17H34N2. The predicted octanol–water partition coefficient (Wildman–Crippen LogP) is 3.43. The summed E-state index contributed by atoms with van der Waals surface area (Å²) in [4.78, 5) is 0. The van der Waals surface area contributed by atoms with Crippen molar-refractivity contribution in [1.82, 2.24) is 10.6 Å². The first-order valence-corrected chi connectivity index (χ1v) is 8.67. The SMILES string of the molecule is CC(C)CNCCNCC1CCC2CCCCC2C1. The van der Waals surface area contributed by atoms with Crippen LogP contribution < -0.4 is 10.6 Å². The van der Waals surface area contributed by atoms with Gasteiger partial charge in [-0.25, -0.2) is 0 Å². The summed E-state index contributed by atoms with van der Waals surface area (Å²) in [6, 6.07) is 0. The van der Waals surface area contributed by atoms with Crippen LogP contribution in [-0.2, 0) is 0 Å². The molecule has 0 saturated heterocycles. The second-order valence-electron chi connectivity index (χ2n) is 7.29. The van der Waals surface area contributed by atoms with Gasteiger partial charge in [0.1, 0.15) is 0 Å². The van der Waals surface area contributed by atoms with Gasteiger partial charge < -0.3 is 10.6 Å². The summed E-state index contributed by atoms with van der Waals surface area (Å²) in [6.07, 6.45) is 10.6. The molecule has 2 rings (SSSR count). The highest BCUT2D eigenvalue weighted by molar-refractivity contribution is 4.83. The molecule has 112 valence electrons. The Labute approximate surface area is 120 Å². The molecule has 2 saturated carbocycles. The smallest absolute Gasteiger partial charge is 0.00768 e. The molecule has 2 nitrogen and oxygen atoms in total. The molecule has 0 radical (unpaired) electrons. The molecule has 0 spiro atoms. The lowest BCUT2D eigenvalue weighted by Crippen LogP contribution is -2.36. The topological polar surface area (TPSA) is 24.1 Å². The van der Waals surface area contributed by atoms with Crippen molar-refractivity contribution in [3.8, 4) is 0 Å². The Morgan fingerprint density at radius 2 is 1.63 bits per heavy atom. The number of rotatable bonds is 7. The summed E-state index contributed by atoms with van der Waals surface area (Å²) >= 11 is 0. The molecular weight excluding hydrogens is 232 g/mol. The van der Waals surface area contributed by atoms with E-state index in [0.717, 1.165) is 43.3 Å². The van der Waals surface area contributed by atoms with Gasteiger partial charge in [-0.05, 0) is 56.0 Å². The van der Waals surface area contributed by atoms with Crippen molar-refractivity contribution in [3.05, 3.63) is 0 Å². The second-order valence-corrected chi connectivity index (χ2v) is 7.29. The lowest BCUT2D eigenvalue weighted by Gasteiger charge is -2.39. The number of hydrogen-bond donors (Lipinski definition) is 2. The fraction of sp³-hybridized carbons (Fsp3) is 1.00. The third-order valence-corrected chi connectivity index (χ3v) is 5.11. The highest BCUT2D eigenvalue weighted by Crippen LogP contribution is 2.42. The summed E-state index contributed by atoms with van der Waals surface area (Å²) in [5, 5.41) is 7.17. The van der Waals surface area contributed by atoms with Crippen LogP contribution in [-0.4, -0.2) is 26.2 Å². The maximum Gasteiger partial charge on any atom is 0.00768 e. The average Bonchev–Trinajstić information content (AvgIpc) is 2.42. The summed E-state index contributed by atoms with van der Waals surface area (Å²) in [5.41, 5.74) is 0. The van der Waals surface area contributed by atoms with Gasteiger partial charge in [0.2, 0.25) is 0 Å². The summed E-state index contributed by atoms with van der Waals surface area (Å²) in [5.74, 6) is 3.90. The van der Waals surface area contributed by atoms with Crippen LogP contribution in [0.4, 0.5) is 0 Å². The third-order valence-electron chi connectivity index (χ3n) is 5.11. The largest absolute Gasteiger partial charge is 0.315 e. The number of fused-ring (bicyclic) bond motifs is 1. The van der Waals surface area contributed by atoms with Crippen LogP contribution in [0, 0.1) is 23.7 Å². The van der Waals surface area contributed by atoms with Crippen molar-refractivity contribution in [3.63, 3.8) is 0 Å². The zero-order valence-electron chi connectivity index (χ0n) is 13.1. The summed E-state index contributed by atoms with van der Waals surface area (Å²) in [7, 11) is 0. The maximum atomic E-state index is 3.66. The molecule has 0 bridgehead atoms. The van der Waals surface area contributed by atoms with Gasteiger partial charge in [-0.3, -0.25) is 0 Å². The summed E-state index contributed by atoms with van der Waals surface area (Å²) < 4.78 is 0. The molecule has 2 fully saturated rings. The highest BCUT2D eigenvalue weighted by Gasteiger charge is 2.31. The zero-order valence-corrected chi connectivity index (χ0v) is 13.1. The molecule has 2 aliphatic rings. The van der Waals surface area contributed by atoms with Crippen molar-refractivity contribution in [2.24, 2.45) is 23.7 Å². The Morgan fingerprint density at radius 1 is 0.895 bits per heavy atom. The molecule has 3 unspecified atom stereocenters. The first kappa shape index (κ1) is 15.3. The average molecular weight is 266 g/mol. The van der Waals surface area contributed by atoms with E-state index < -0.39 is 0 Å². The van der Waals surface area contributed by atoms with Gasteiger partial charge in [0.25, 0.3) is 0 Å². The van der Waals surface area contributed by atoms with Crippen molar-refractivity contribution in [1.29, 1.82) is 0 Å². The normalized spacial score (nSPS) is 31.4.